The number of rotatable bonds is 8. The lowest BCUT2D eigenvalue weighted by molar-refractivity contribution is -0.660. The molecule has 0 saturated heterocycles. The first-order valence-electron chi connectivity index (χ1n) is 30.8. The Balaban J connectivity index is 0.000000140. The summed E-state index contributed by atoms with van der Waals surface area (Å²) in [5.41, 5.74) is 30.2. The Kier molecular flexibility index (Phi) is 18.2. The van der Waals surface area contributed by atoms with Gasteiger partial charge < -0.3 is 0 Å². The molecule has 0 saturated carbocycles. The second-order valence-electron chi connectivity index (χ2n) is 22.5. The van der Waals surface area contributed by atoms with Crippen LogP contribution < -0.4 is 18.3 Å². The summed E-state index contributed by atoms with van der Waals surface area (Å²) in [4.78, 5) is 0. The third kappa shape index (κ3) is 14.8. The number of hydrogen-bond donors (Lipinski definition) is 0. The Morgan fingerprint density at radius 1 is 0.224 bits per heavy atom. The summed E-state index contributed by atoms with van der Waals surface area (Å²) in [5, 5.41) is 0. The Hall–Kier alpha value is -9.64. The Morgan fingerprint density at radius 3 is 0.894 bits per heavy atom. The van der Waals surface area contributed by atoms with Crippen molar-refractivity contribution in [3.63, 3.8) is 0 Å². The third-order valence-electron chi connectivity index (χ3n) is 15.9. The quantitative estimate of drug-likeness (QED) is 0.135. The van der Waals surface area contributed by atoms with Crippen LogP contribution >= 0.6 is 0 Å². The van der Waals surface area contributed by atoms with Gasteiger partial charge in [0, 0.05) is 72.9 Å². The Morgan fingerprint density at radius 2 is 0.529 bits per heavy atom. The SMILES string of the molecule is Cc1cc(-c2ccccc2C)[n+](C)cc1-c1ccccc1.Cc1ccc(-c2cc(C)c(-c3ccccc3)c[n+]2C)c(C)c1.Cc1ccc(-c2ccc(-c3ccccc3)c[n+]2C)c(C)c1.[2H]C([2H])([2H])c1ccc(-c2ccc(-c3ccccc3)c[n+]2C)c(C)c1. The van der Waals surface area contributed by atoms with Crippen LogP contribution in [-0.4, -0.2) is 0 Å². The first kappa shape index (κ1) is 55.9. The van der Waals surface area contributed by atoms with Gasteiger partial charge in [0.25, 0.3) is 0 Å². The van der Waals surface area contributed by atoms with Crippen molar-refractivity contribution in [1.82, 2.24) is 0 Å². The largest absolute Gasteiger partial charge is 0.212 e. The van der Waals surface area contributed by atoms with Crippen LogP contribution in [0.3, 0.4) is 0 Å². The molecule has 4 aromatic heterocycles. The molecule has 0 N–H and O–H groups in total. The van der Waals surface area contributed by atoms with E-state index in [4.69, 9.17) is 4.11 Å². The van der Waals surface area contributed by atoms with Gasteiger partial charge in [0.15, 0.2) is 24.8 Å². The predicted molar refractivity (Wildman–Crippen MR) is 357 cm³/mol. The number of aryl methyl sites for hydroxylation is 13. The maximum Gasteiger partial charge on any atom is 0.212 e. The van der Waals surface area contributed by atoms with Gasteiger partial charge in [0.1, 0.15) is 28.2 Å². The molecule has 8 aromatic carbocycles. The molecule has 4 nitrogen and oxygen atoms in total. The maximum atomic E-state index is 7.54. The molecule has 4 heterocycles. The molecule has 0 atom stereocenters. The van der Waals surface area contributed by atoms with Gasteiger partial charge in [0.2, 0.25) is 22.8 Å². The van der Waals surface area contributed by atoms with Gasteiger partial charge >= 0.3 is 0 Å². The van der Waals surface area contributed by atoms with E-state index in [1.54, 1.807) is 12.1 Å². The molecule has 0 aliphatic rings. The monoisotopic (exact) mass is 1110 g/mol. The molecule has 0 bridgehead atoms. The molecule has 0 amide bonds. The molecule has 0 unspecified atom stereocenters. The van der Waals surface area contributed by atoms with E-state index in [1.807, 2.05) is 44.3 Å². The van der Waals surface area contributed by atoms with Gasteiger partial charge in [-0.2, -0.15) is 0 Å². The van der Waals surface area contributed by atoms with Gasteiger partial charge in [-0.3, -0.25) is 0 Å². The van der Waals surface area contributed by atoms with Crippen molar-refractivity contribution in [2.75, 3.05) is 0 Å². The summed E-state index contributed by atoms with van der Waals surface area (Å²) in [6.45, 7) is 15.1. The normalized spacial score (nSPS) is 11.3. The molecule has 422 valence electrons. The lowest BCUT2D eigenvalue weighted by Crippen LogP contribution is -2.31. The molecule has 0 spiro atoms. The summed E-state index contributed by atoms with van der Waals surface area (Å²) in [6, 6.07) is 82.2. The van der Waals surface area contributed by atoms with Crippen molar-refractivity contribution in [2.24, 2.45) is 28.2 Å². The van der Waals surface area contributed by atoms with Crippen LogP contribution in [0.1, 0.15) is 54.2 Å². The zero-order chi connectivity index (χ0) is 62.6. The maximum absolute atomic E-state index is 7.54. The van der Waals surface area contributed by atoms with Gasteiger partial charge in [-0.15, -0.1) is 0 Å². The lowest BCUT2D eigenvalue weighted by atomic mass is 9.97. The minimum absolute atomic E-state index is 0.382. The highest BCUT2D eigenvalue weighted by atomic mass is 14.9. The minimum Gasteiger partial charge on any atom is -0.200 e. The van der Waals surface area contributed by atoms with E-state index in [2.05, 4.69) is 307 Å². The molecular formula is C81H82N4+4. The lowest BCUT2D eigenvalue weighted by Gasteiger charge is -2.10. The summed E-state index contributed by atoms with van der Waals surface area (Å²) >= 11 is 0. The van der Waals surface area contributed by atoms with Gasteiger partial charge in [-0.05, 0) is 154 Å². The van der Waals surface area contributed by atoms with Gasteiger partial charge in [-0.25, -0.2) is 18.3 Å². The van der Waals surface area contributed by atoms with Crippen molar-refractivity contribution in [3.8, 4) is 89.5 Å². The number of benzene rings is 8. The predicted octanol–water partition coefficient (Wildman–Crippen LogP) is 18.2. The second kappa shape index (κ2) is 27.6. The highest BCUT2D eigenvalue weighted by molar-refractivity contribution is 5.72. The number of hydrogen-bond acceptors (Lipinski definition) is 0. The van der Waals surface area contributed by atoms with Crippen LogP contribution in [0.5, 0.6) is 0 Å². The molecule has 4 heteroatoms. The van der Waals surface area contributed by atoms with E-state index >= 15 is 0 Å². The number of nitrogens with zero attached hydrogens (tertiary/aromatic N) is 4. The highest BCUT2D eigenvalue weighted by Crippen LogP contribution is 2.30. The number of pyridine rings is 4. The molecule has 0 fully saturated rings. The van der Waals surface area contributed by atoms with E-state index in [9.17, 15) is 0 Å². The van der Waals surface area contributed by atoms with Gasteiger partial charge in [0.05, 0.1) is 0 Å². The molecule has 12 aromatic rings. The summed E-state index contributed by atoms with van der Waals surface area (Å²) < 4.78 is 31.4. The van der Waals surface area contributed by atoms with Crippen LogP contribution in [-0.2, 0) is 28.2 Å². The first-order valence-corrected chi connectivity index (χ1v) is 29.3. The zero-order valence-electron chi connectivity index (χ0n) is 54.6. The smallest absolute Gasteiger partial charge is 0.200 e. The van der Waals surface area contributed by atoms with Crippen LogP contribution in [0, 0.1) is 62.2 Å². The van der Waals surface area contributed by atoms with Crippen molar-refractivity contribution < 1.29 is 22.4 Å². The third-order valence-corrected chi connectivity index (χ3v) is 15.9. The van der Waals surface area contributed by atoms with Gasteiger partial charge in [-0.1, -0.05) is 193 Å². The fourth-order valence-electron chi connectivity index (χ4n) is 11.3. The second-order valence-corrected chi connectivity index (χ2v) is 22.5. The summed E-state index contributed by atoms with van der Waals surface area (Å²) in [5.74, 6) is 0. The molecule has 85 heavy (non-hydrogen) atoms. The van der Waals surface area contributed by atoms with E-state index < -0.39 is 6.85 Å². The molecule has 0 aliphatic carbocycles. The fraction of sp³-hybridized carbons (Fsp3) is 0.160. The highest BCUT2D eigenvalue weighted by Gasteiger charge is 2.19. The van der Waals surface area contributed by atoms with E-state index in [0.717, 1.165) is 22.4 Å². The zero-order valence-corrected chi connectivity index (χ0v) is 51.6. The van der Waals surface area contributed by atoms with Crippen molar-refractivity contribution in [2.45, 2.75) is 62.2 Å². The van der Waals surface area contributed by atoms with E-state index in [0.29, 0.717) is 5.56 Å². The van der Waals surface area contributed by atoms with Crippen molar-refractivity contribution >= 4 is 0 Å². The topological polar surface area (TPSA) is 15.5 Å². The van der Waals surface area contributed by atoms with Crippen LogP contribution in [0.4, 0.5) is 0 Å². The summed E-state index contributed by atoms with van der Waals surface area (Å²) in [7, 11) is 8.37. The average Bonchev–Trinajstić information content (AvgIpc) is 3.22. The van der Waals surface area contributed by atoms with Crippen LogP contribution in [0.25, 0.3) is 89.5 Å². The van der Waals surface area contributed by atoms with E-state index in [1.165, 1.54) is 112 Å². The molecule has 0 radical (unpaired) electrons. The Labute approximate surface area is 511 Å². The first-order chi connectivity index (χ1) is 42.2. The standard InChI is InChI=1S/C21H22N.3C20H20N/c1-15-10-11-19(16(2)12-15)21-13-17(3)20(14-22(21)4)18-8-6-5-7-9-18;1-15-9-7-8-12-18(15)20-13-16(2)19(14-21(20)3)17-10-5-4-6-11-17;2*1-15-9-11-19(16(2)13-15)20-12-10-18(14-21(20)3)17-7-5-4-6-8-17/h5-14H,1-4H3;3*4-14H,1-3H3/q4*+1/i;;1D3;. The molecule has 12 rings (SSSR count). The summed E-state index contributed by atoms with van der Waals surface area (Å²) in [6.07, 6.45) is 8.76. The molecule has 0 aliphatic heterocycles. The van der Waals surface area contributed by atoms with Crippen molar-refractivity contribution in [3.05, 3.63) is 311 Å². The van der Waals surface area contributed by atoms with Crippen molar-refractivity contribution in [1.29, 1.82) is 0 Å². The number of aromatic nitrogens is 4. The molecular weight excluding hydrogens is 1030 g/mol. The Bertz CT molecular complexity index is 4360. The fourth-order valence-corrected chi connectivity index (χ4v) is 11.3. The minimum atomic E-state index is -2.07. The van der Waals surface area contributed by atoms with Crippen LogP contribution in [0.2, 0.25) is 0 Å². The van der Waals surface area contributed by atoms with E-state index in [-0.39, 0.29) is 0 Å². The average molecular weight is 1110 g/mol. The van der Waals surface area contributed by atoms with Crippen LogP contribution in [0.15, 0.2) is 261 Å².